The van der Waals surface area contributed by atoms with E-state index in [4.69, 9.17) is 17.3 Å². The van der Waals surface area contributed by atoms with Gasteiger partial charge < -0.3 is 25.8 Å². The SMILES string of the molecule is CCN(CC)C(=O)N(C1CCCCC1)C1CCN(C(=O)[C@@H](Cc2ccc(Cl)cc2)N[C@H]2CC[C@H](N)CC2)CC1C. The van der Waals surface area contributed by atoms with E-state index in [1.165, 1.54) is 19.3 Å². The number of likely N-dealkylation sites (tertiary alicyclic amines) is 1. The highest BCUT2D eigenvalue weighted by Gasteiger charge is 2.40. The zero-order valence-electron chi connectivity index (χ0n) is 25.0. The van der Waals surface area contributed by atoms with Crippen LogP contribution < -0.4 is 11.1 Å². The van der Waals surface area contributed by atoms with Crippen molar-refractivity contribution in [2.24, 2.45) is 11.7 Å². The minimum Gasteiger partial charge on any atom is -0.341 e. The number of carbonyl (C=O) groups is 2. The van der Waals surface area contributed by atoms with E-state index in [1.54, 1.807) is 0 Å². The average Bonchev–Trinajstić information content (AvgIpc) is 2.97. The molecule has 3 aliphatic rings. The molecule has 1 aliphatic heterocycles. The molecule has 224 valence electrons. The third kappa shape index (κ3) is 7.92. The van der Waals surface area contributed by atoms with Gasteiger partial charge in [-0.2, -0.15) is 0 Å². The number of piperidine rings is 1. The Morgan fingerprint density at radius 3 is 2.25 bits per heavy atom. The predicted octanol–water partition coefficient (Wildman–Crippen LogP) is 5.44. The Labute approximate surface area is 247 Å². The molecular formula is C32H52ClN5O2. The first-order valence-electron chi connectivity index (χ1n) is 15.9. The smallest absolute Gasteiger partial charge is 0.320 e. The summed E-state index contributed by atoms with van der Waals surface area (Å²) in [6.07, 6.45) is 11.3. The molecule has 1 saturated heterocycles. The van der Waals surface area contributed by atoms with Gasteiger partial charge in [-0.05, 0) is 88.8 Å². The molecule has 2 aliphatic carbocycles. The number of urea groups is 1. The number of nitrogens with two attached hydrogens (primary N) is 1. The van der Waals surface area contributed by atoms with E-state index in [0.717, 1.165) is 63.6 Å². The monoisotopic (exact) mass is 573 g/mol. The van der Waals surface area contributed by atoms with Crippen LogP contribution in [-0.4, -0.2) is 83.0 Å². The van der Waals surface area contributed by atoms with Crippen LogP contribution in [0.25, 0.3) is 0 Å². The summed E-state index contributed by atoms with van der Waals surface area (Å²) in [5.41, 5.74) is 7.27. The maximum absolute atomic E-state index is 14.1. The van der Waals surface area contributed by atoms with Gasteiger partial charge in [0.15, 0.2) is 0 Å². The van der Waals surface area contributed by atoms with Crippen molar-refractivity contribution in [3.05, 3.63) is 34.9 Å². The first-order chi connectivity index (χ1) is 19.3. The third-order valence-corrected chi connectivity index (χ3v) is 9.86. The Bertz CT molecular complexity index is 941. The topological polar surface area (TPSA) is 81.9 Å². The standard InChI is InChI=1S/C32H52ClN5O2/c1-4-36(5-2)32(40)38(28-9-7-6-8-10-28)30-19-20-37(22-23(30)3)31(39)29(21-24-11-13-25(33)14-12-24)35-27-17-15-26(34)16-18-27/h11-14,23,26-30,35H,4-10,15-22,34H2,1-3H3/t23?,26-,27-,29-,30?/m1/s1. The van der Waals surface area contributed by atoms with E-state index in [9.17, 15) is 9.59 Å². The van der Waals surface area contributed by atoms with Gasteiger partial charge in [-0.3, -0.25) is 4.79 Å². The Balaban J connectivity index is 1.47. The number of hydrogen-bond acceptors (Lipinski definition) is 4. The Hall–Kier alpha value is -1.83. The highest BCUT2D eigenvalue weighted by Crippen LogP contribution is 2.32. The van der Waals surface area contributed by atoms with E-state index in [2.05, 4.69) is 35.9 Å². The fourth-order valence-electron chi connectivity index (χ4n) is 7.20. The van der Waals surface area contributed by atoms with Crippen LogP contribution in [-0.2, 0) is 11.2 Å². The van der Waals surface area contributed by atoms with Gasteiger partial charge in [0, 0.05) is 55.4 Å². The number of rotatable bonds is 9. The molecule has 0 spiro atoms. The number of nitrogens with one attached hydrogen (secondary N) is 1. The number of nitrogens with zero attached hydrogens (tertiary/aromatic N) is 3. The van der Waals surface area contributed by atoms with Crippen molar-refractivity contribution in [1.82, 2.24) is 20.0 Å². The molecule has 7 nitrogen and oxygen atoms in total. The van der Waals surface area contributed by atoms with E-state index in [-0.39, 0.29) is 36.0 Å². The molecular weight excluding hydrogens is 522 g/mol. The lowest BCUT2D eigenvalue weighted by atomic mass is 9.87. The molecule has 3 amide bonds. The van der Waals surface area contributed by atoms with Crippen LogP contribution in [0.1, 0.15) is 90.5 Å². The largest absolute Gasteiger partial charge is 0.341 e. The lowest BCUT2D eigenvalue weighted by molar-refractivity contribution is -0.136. The second kappa shape index (κ2) is 14.9. The molecule has 2 saturated carbocycles. The first-order valence-corrected chi connectivity index (χ1v) is 16.3. The van der Waals surface area contributed by atoms with Gasteiger partial charge in [0.25, 0.3) is 0 Å². The van der Waals surface area contributed by atoms with Gasteiger partial charge in [-0.1, -0.05) is 49.9 Å². The lowest BCUT2D eigenvalue weighted by Gasteiger charge is -2.48. The van der Waals surface area contributed by atoms with Crippen molar-refractivity contribution in [2.45, 2.75) is 122 Å². The number of hydrogen-bond donors (Lipinski definition) is 2. The van der Waals surface area contributed by atoms with Gasteiger partial charge >= 0.3 is 6.03 Å². The van der Waals surface area contributed by atoms with Crippen molar-refractivity contribution < 1.29 is 9.59 Å². The van der Waals surface area contributed by atoms with Crippen LogP contribution in [0.15, 0.2) is 24.3 Å². The van der Waals surface area contributed by atoms with Gasteiger partial charge in [-0.25, -0.2) is 4.79 Å². The van der Waals surface area contributed by atoms with E-state index in [0.29, 0.717) is 36.6 Å². The quantitative estimate of drug-likeness (QED) is 0.412. The zero-order valence-corrected chi connectivity index (χ0v) is 25.7. The summed E-state index contributed by atoms with van der Waals surface area (Å²) in [5.74, 6) is 0.400. The van der Waals surface area contributed by atoms with Crippen molar-refractivity contribution in [1.29, 1.82) is 0 Å². The Morgan fingerprint density at radius 1 is 1.00 bits per heavy atom. The molecule has 0 aromatic heterocycles. The Morgan fingerprint density at radius 2 is 1.65 bits per heavy atom. The second-order valence-electron chi connectivity index (χ2n) is 12.4. The number of amides is 3. The summed E-state index contributed by atoms with van der Waals surface area (Å²) < 4.78 is 0. The molecule has 2 unspecified atom stereocenters. The molecule has 0 radical (unpaired) electrons. The maximum atomic E-state index is 14.1. The second-order valence-corrected chi connectivity index (χ2v) is 12.9. The number of halogens is 1. The van der Waals surface area contributed by atoms with Gasteiger partial charge in [0.05, 0.1) is 6.04 Å². The van der Waals surface area contributed by atoms with Crippen LogP contribution in [0.2, 0.25) is 5.02 Å². The Kier molecular flexibility index (Phi) is 11.6. The summed E-state index contributed by atoms with van der Waals surface area (Å²) in [6, 6.07) is 8.82. The van der Waals surface area contributed by atoms with Crippen molar-refractivity contribution >= 4 is 23.5 Å². The van der Waals surface area contributed by atoms with Crippen LogP contribution in [0, 0.1) is 5.92 Å². The van der Waals surface area contributed by atoms with Crippen LogP contribution in [0.5, 0.6) is 0 Å². The molecule has 0 bridgehead atoms. The molecule has 1 aromatic rings. The first kappa shape index (κ1) is 31.1. The highest BCUT2D eigenvalue weighted by molar-refractivity contribution is 6.30. The van der Waals surface area contributed by atoms with E-state index >= 15 is 0 Å². The van der Waals surface area contributed by atoms with E-state index in [1.807, 2.05) is 29.2 Å². The minimum atomic E-state index is -0.281. The summed E-state index contributed by atoms with van der Waals surface area (Å²) in [7, 11) is 0. The van der Waals surface area contributed by atoms with Crippen molar-refractivity contribution in [2.75, 3.05) is 26.2 Å². The normalized spacial score (nSPS) is 26.8. The van der Waals surface area contributed by atoms with Crippen LogP contribution in [0.4, 0.5) is 4.79 Å². The molecule has 3 N–H and O–H groups in total. The molecule has 1 heterocycles. The number of benzene rings is 1. The minimum absolute atomic E-state index is 0.169. The molecule has 3 fully saturated rings. The summed E-state index contributed by atoms with van der Waals surface area (Å²) in [4.78, 5) is 34.2. The fraction of sp³-hybridized carbons (Fsp3) is 0.750. The molecule has 40 heavy (non-hydrogen) atoms. The summed E-state index contributed by atoms with van der Waals surface area (Å²) >= 11 is 6.14. The van der Waals surface area contributed by atoms with Gasteiger partial charge in [-0.15, -0.1) is 0 Å². The molecule has 4 rings (SSSR count). The third-order valence-electron chi connectivity index (χ3n) is 9.61. The van der Waals surface area contributed by atoms with Gasteiger partial charge in [0.2, 0.25) is 5.91 Å². The lowest BCUT2D eigenvalue weighted by Crippen LogP contribution is -2.61. The fourth-order valence-corrected chi connectivity index (χ4v) is 7.32. The van der Waals surface area contributed by atoms with Crippen LogP contribution >= 0.6 is 11.6 Å². The van der Waals surface area contributed by atoms with Gasteiger partial charge in [0.1, 0.15) is 0 Å². The van der Waals surface area contributed by atoms with Crippen molar-refractivity contribution in [3.8, 4) is 0 Å². The van der Waals surface area contributed by atoms with E-state index < -0.39 is 0 Å². The maximum Gasteiger partial charge on any atom is 0.320 e. The average molecular weight is 574 g/mol. The highest BCUT2D eigenvalue weighted by atomic mass is 35.5. The molecule has 8 heteroatoms. The predicted molar refractivity (Wildman–Crippen MR) is 163 cm³/mol. The molecule has 3 atom stereocenters. The number of carbonyl (C=O) groups excluding carboxylic acids is 2. The van der Waals surface area contributed by atoms with Crippen molar-refractivity contribution in [3.63, 3.8) is 0 Å². The summed E-state index contributed by atoms with van der Waals surface area (Å²) in [6.45, 7) is 9.21. The summed E-state index contributed by atoms with van der Waals surface area (Å²) in [5, 5.41) is 4.44. The van der Waals surface area contributed by atoms with Crippen LogP contribution in [0.3, 0.4) is 0 Å². The zero-order chi connectivity index (χ0) is 28.6. The molecule has 1 aromatic carbocycles.